The Morgan fingerprint density at radius 1 is 1.09 bits per heavy atom. The van der Waals surface area contributed by atoms with Crippen molar-refractivity contribution in [2.75, 3.05) is 11.9 Å². The maximum atomic E-state index is 12.6. The standard InChI is InChI=1S/C26H25BrN2O3/c1-4-31-23-11-8-19(14-21(23)27)26(30)28-20-9-5-17(6-10-20)13-25-29-22-15-18(16(2)3)7-12-24(22)32-25/h5-12,14-16H,4,13H2,1-3H3,(H,28,30). The summed E-state index contributed by atoms with van der Waals surface area (Å²) in [7, 11) is 0. The van der Waals surface area contributed by atoms with Gasteiger partial charge in [-0.2, -0.15) is 0 Å². The molecule has 0 saturated carbocycles. The van der Waals surface area contributed by atoms with E-state index >= 15 is 0 Å². The van der Waals surface area contributed by atoms with Crippen LogP contribution in [0.1, 0.15) is 54.1 Å². The SMILES string of the molecule is CCOc1ccc(C(=O)Nc2ccc(Cc3nc4cc(C(C)C)ccc4o3)cc2)cc1Br. The summed E-state index contributed by atoms with van der Waals surface area (Å²) in [5.41, 5.74) is 5.27. The zero-order valence-electron chi connectivity index (χ0n) is 18.3. The smallest absolute Gasteiger partial charge is 0.255 e. The number of halogens is 1. The van der Waals surface area contributed by atoms with E-state index in [1.54, 1.807) is 18.2 Å². The molecule has 0 aliphatic heterocycles. The van der Waals surface area contributed by atoms with Gasteiger partial charge in [0.1, 0.15) is 11.3 Å². The first-order valence-electron chi connectivity index (χ1n) is 10.6. The quantitative estimate of drug-likeness (QED) is 0.303. The van der Waals surface area contributed by atoms with Gasteiger partial charge in [0.05, 0.1) is 11.1 Å². The number of aromatic nitrogens is 1. The predicted octanol–water partition coefficient (Wildman–Crippen LogP) is 6.96. The van der Waals surface area contributed by atoms with Gasteiger partial charge in [0.15, 0.2) is 11.5 Å². The van der Waals surface area contributed by atoms with E-state index in [2.05, 4.69) is 52.2 Å². The number of benzene rings is 3. The molecule has 0 fully saturated rings. The van der Waals surface area contributed by atoms with E-state index in [9.17, 15) is 4.79 Å². The van der Waals surface area contributed by atoms with Crippen LogP contribution in [0.25, 0.3) is 11.1 Å². The number of anilines is 1. The van der Waals surface area contributed by atoms with Gasteiger partial charge < -0.3 is 14.5 Å². The molecule has 1 aromatic heterocycles. The van der Waals surface area contributed by atoms with Crippen molar-refractivity contribution in [1.29, 1.82) is 0 Å². The van der Waals surface area contributed by atoms with E-state index in [0.717, 1.165) is 26.8 Å². The van der Waals surface area contributed by atoms with E-state index < -0.39 is 0 Å². The summed E-state index contributed by atoms with van der Waals surface area (Å²) in [5.74, 6) is 1.66. The monoisotopic (exact) mass is 492 g/mol. The lowest BCUT2D eigenvalue weighted by atomic mass is 10.0. The Kier molecular flexibility index (Phi) is 6.61. The van der Waals surface area contributed by atoms with Gasteiger partial charge >= 0.3 is 0 Å². The highest BCUT2D eigenvalue weighted by Gasteiger charge is 2.11. The number of nitrogens with one attached hydrogen (secondary N) is 1. The number of hydrogen-bond donors (Lipinski definition) is 1. The second kappa shape index (κ2) is 9.57. The first kappa shape index (κ1) is 22.1. The summed E-state index contributed by atoms with van der Waals surface area (Å²) in [4.78, 5) is 17.2. The van der Waals surface area contributed by atoms with Gasteiger partial charge in [-0.05, 0) is 82.4 Å². The number of carbonyl (C=O) groups excluding carboxylic acids is 1. The van der Waals surface area contributed by atoms with Crippen molar-refractivity contribution in [3.63, 3.8) is 0 Å². The average molecular weight is 493 g/mol. The molecule has 5 nitrogen and oxygen atoms in total. The maximum Gasteiger partial charge on any atom is 0.255 e. The Balaban J connectivity index is 1.42. The molecule has 6 heteroatoms. The van der Waals surface area contributed by atoms with E-state index in [-0.39, 0.29) is 5.91 Å². The van der Waals surface area contributed by atoms with Crippen molar-refractivity contribution < 1.29 is 13.9 Å². The van der Waals surface area contributed by atoms with Gasteiger partial charge in [-0.15, -0.1) is 0 Å². The fourth-order valence-corrected chi connectivity index (χ4v) is 3.92. The van der Waals surface area contributed by atoms with Crippen LogP contribution in [0.3, 0.4) is 0 Å². The third kappa shape index (κ3) is 5.02. The highest BCUT2D eigenvalue weighted by molar-refractivity contribution is 9.10. The number of carbonyl (C=O) groups is 1. The van der Waals surface area contributed by atoms with Crippen LogP contribution >= 0.6 is 15.9 Å². The van der Waals surface area contributed by atoms with E-state index in [1.165, 1.54) is 5.56 Å². The molecule has 3 aromatic carbocycles. The van der Waals surface area contributed by atoms with Crippen LogP contribution in [0.15, 0.2) is 69.6 Å². The normalized spacial score (nSPS) is 11.2. The van der Waals surface area contributed by atoms with Crippen molar-refractivity contribution in [3.05, 3.63) is 87.7 Å². The first-order chi connectivity index (χ1) is 15.4. The van der Waals surface area contributed by atoms with Crippen LogP contribution in [0.5, 0.6) is 5.75 Å². The third-order valence-corrected chi connectivity index (χ3v) is 5.80. The highest BCUT2D eigenvalue weighted by atomic mass is 79.9. The Morgan fingerprint density at radius 3 is 2.56 bits per heavy atom. The molecule has 0 bridgehead atoms. The van der Waals surface area contributed by atoms with Crippen molar-refractivity contribution in [2.24, 2.45) is 0 Å². The van der Waals surface area contributed by atoms with Crippen molar-refractivity contribution >= 4 is 38.6 Å². The number of hydrogen-bond acceptors (Lipinski definition) is 4. The zero-order chi connectivity index (χ0) is 22.7. The fourth-order valence-electron chi connectivity index (χ4n) is 3.43. The van der Waals surface area contributed by atoms with Crippen LogP contribution in [0.4, 0.5) is 5.69 Å². The van der Waals surface area contributed by atoms with Gasteiger partial charge in [-0.1, -0.05) is 32.0 Å². The Bertz CT molecular complexity index is 1250. The molecule has 4 aromatic rings. The van der Waals surface area contributed by atoms with Crippen molar-refractivity contribution in [3.8, 4) is 5.75 Å². The summed E-state index contributed by atoms with van der Waals surface area (Å²) >= 11 is 3.45. The number of amides is 1. The van der Waals surface area contributed by atoms with Gasteiger partial charge in [0.25, 0.3) is 5.91 Å². The second-order valence-corrected chi connectivity index (χ2v) is 8.75. The molecule has 0 saturated heterocycles. The fraction of sp³-hybridized carbons (Fsp3) is 0.231. The van der Waals surface area contributed by atoms with Crippen LogP contribution in [-0.4, -0.2) is 17.5 Å². The molecule has 32 heavy (non-hydrogen) atoms. The molecule has 0 spiro atoms. The molecule has 0 atom stereocenters. The van der Waals surface area contributed by atoms with E-state index in [0.29, 0.717) is 36.1 Å². The predicted molar refractivity (Wildman–Crippen MR) is 131 cm³/mol. The van der Waals surface area contributed by atoms with E-state index in [4.69, 9.17) is 9.15 Å². The summed E-state index contributed by atoms with van der Waals surface area (Å²) in [6.45, 7) is 6.82. The van der Waals surface area contributed by atoms with Crippen LogP contribution < -0.4 is 10.1 Å². The number of oxazole rings is 1. The molecule has 0 radical (unpaired) electrons. The Morgan fingerprint density at radius 2 is 1.88 bits per heavy atom. The Hall–Kier alpha value is -3.12. The molecule has 0 unspecified atom stereocenters. The minimum absolute atomic E-state index is 0.179. The number of ether oxygens (including phenoxy) is 1. The number of rotatable bonds is 7. The summed E-state index contributed by atoms with van der Waals surface area (Å²) < 4.78 is 12.1. The summed E-state index contributed by atoms with van der Waals surface area (Å²) in [5, 5.41) is 2.93. The summed E-state index contributed by atoms with van der Waals surface area (Å²) in [6.07, 6.45) is 0.589. The molecular weight excluding hydrogens is 468 g/mol. The molecule has 1 amide bonds. The topological polar surface area (TPSA) is 64.4 Å². The molecule has 4 rings (SSSR count). The minimum atomic E-state index is -0.179. The second-order valence-electron chi connectivity index (χ2n) is 7.90. The van der Waals surface area contributed by atoms with E-state index in [1.807, 2.05) is 37.3 Å². The van der Waals surface area contributed by atoms with Gasteiger partial charge in [-0.3, -0.25) is 4.79 Å². The highest BCUT2D eigenvalue weighted by Crippen LogP contribution is 2.27. The lowest BCUT2D eigenvalue weighted by Crippen LogP contribution is -2.12. The van der Waals surface area contributed by atoms with Crippen LogP contribution in [-0.2, 0) is 6.42 Å². The number of nitrogens with zero attached hydrogens (tertiary/aromatic N) is 1. The zero-order valence-corrected chi connectivity index (χ0v) is 19.9. The van der Waals surface area contributed by atoms with Gasteiger partial charge in [0, 0.05) is 17.7 Å². The third-order valence-electron chi connectivity index (χ3n) is 5.18. The lowest BCUT2D eigenvalue weighted by Gasteiger charge is -2.09. The minimum Gasteiger partial charge on any atom is -0.493 e. The molecule has 164 valence electrons. The van der Waals surface area contributed by atoms with Crippen LogP contribution in [0.2, 0.25) is 0 Å². The van der Waals surface area contributed by atoms with Crippen LogP contribution in [0, 0.1) is 0 Å². The molecule has 1 heterocycles. The van der Waals surface area contributed by atoms with Gasteiger partial charge in [-0.25, -0.2) is 4.98 Å². The largest absolute Gasteiger partial charge is 0.493 e. The molecule has 0 aliphatic rings. The van der Waals surface area contributed by atoms with Gasteiger partial charge in [0.2, 0.25) is 0 Å². The molecule has 0 aliphatic carbocycles. The first-order valence-corrected chi connectivity index (χ1v) is 11.4. The molecular formula is C26H25BrN2O3. The molecule has 1 N–H and O–H groups in total. The van der Waals surface area contributed by atoms with Crippen molar-refractivity contribution in [2.45, 2.75) is 33.1 Å². The number of fused-ring (bicyclic) bond motifs is 1. The summed E-state index contributed by atoms with van der Waals surface area (Å²) in [6, 6.07) is 19.2. The lowest BCUT2D eigenvalue weighted by molar-refractivity contribution is 0.102. The average Bonchev–Trinajstić information content (AvgIpc) is 3.18. The Labute approximate surface area is 195 Å². The maximum absolute atomic E-state index is 12.6. The van der Waals surface area contributed by atoms with Crippen molar-refractivity contribution in [1.82, 2.24) is 4.98 Å².